The largest absolute Gasteiger partial charge is 0.508 e. The number of phenols is 2. The van der Waals surface area contributed by atoms with E-state index in [0.29, 0.717) is 36.2 Å². The van der Waals surface area contributed by atoms with Gasteiger partial charge in [0.25, 0.3) is 0 Å². The van der Waals surface area contributed by atoms with Gasteiger partial charge in [-0.05, 0) is 101 Å². The van der Waals surface area contributed by atoms with Crippen LogP contribution in [0.2, 0.25) is 0 Å². The van der Waals surface area contributed by atoms with Gasteiger partial charge in [0.05, 0.1) is 18.2 Å². The zero-order valence-electron chi connectivity index (χ0n) is 28.7. The number of carbonyl (C=O) groups excluding carboxylic acids is 4. The van der Waals surface area contributed by atoms with Gasteiger partial charge in [0.2, 0.25) is 23.6 Å². The van der Waals surface area contributed by atoms with E-state index in [4.69, 9.17) is 0 Å². The Balaban J connectivity index is 1.91. The van der Waals surface area contributed by atoms with E-state index in [1.165, 1.54) is 6.07 Å². The summed E-state index contributed by atoms with van der Waals surface area (Å²) < 4.78 is 0. The van der Waals surface area contributed by atoms with Crippen LogP contribution in [0.1, 0.15) is 30.4 Å². The minimum atomic E-state index is -1.14. The number of hydrogen-bond donors (Lipinski definition) is 11. The predicted octanol–water partition coefficient (Wildman–Crippen LogP) is -1.79. The molecule has 15 nitrogen and oxygen atoms in total. The molecule has 0 aliphatic carbocycles. The van der Waals surface area contributed by atoms with Gasteiger partial charge in [-0.3, -0.25) is 19.2 Å². The fourth-order valence-electron chi connectivity index (χ4n) is 5.65. The molecule has 11 N–H and O–H groups in total. The van der Waals surface area contributed by atoms with Crippen LogP contribution in [-0.4, -0.2) is 124 Å². The van der Waals surface area contributed by atoms with E-state index in [1.807, 2.05) is 0 Å². The molecule has 1 aliphatic heterocycles. The highest BCUT2D eigenvalue weighted by atomic mass is 16.3. The first-order chi connectivity index (χ1) is 23.5. The molecule has 0 fully saturated rings. The van der Waals surface area contributed by atoms with Crippen molar-refractivity contribution >= 4 is 23.6 Å². The third-order valence-corrected chi connectivity index (χ3v) is 8.54. The highest BCUT2D eigenvalue weighted by Gasteiger charge is 2.30. The van der Waals surface area contributed by atoms with Crippen LogP contribution in [0, 0.1) is 0 Å². The van der Waals surface area contributed by atoms with Crippen LogP contribution >= 0.6 is 0 Å². The van der Waals surface area contributed by atoms with Crippen molar-refractivity contribution < 1.29 is 34.5 Å². The zero-order chi connectivity index (χ0) is 35.9. The number of benzene rings is 2. The Labute approximate surface area is 287 Å². The SMILES string of the molecule is CNCCC[C@@H]1NC(=O)[C@@H](NC)Cc2cc(ccc2O)-c2ccc(O)c(c2)C[C@@H](C(=O)NCCC(NC)C(=O)NCC(O)CNC)NC1=O. The first-order valence-corrected chi connectivity index (χ1v) is 16.6. The van der Waals surface area contributed by atoms with Crippen LogP contribution in [0.3, 0.4) is 0 Å². The minimum absolute atomic E-state index is 0.0181. The standard InChI is InChI=1S/C34H52N8O7/c1-35-12-5-6-26-33(48)42-28(32(47)39-13-11-25(37-3)31(46)40-19-24(43)18-36-2)17-23-15-21(8-10-30(23)45)20-7-9-29(44)22(14-20)16-27(38-4)34(49)41-26/h7-10,14-15,24-28,35-38,43-45H,5-6,11-13,16-19H2,1-4H3,(H,39,47)(H,40,46)(H,41,49)(H,42,48)/t24?,25?,26-,27-,28-/m0/s1. The molecule has 2 unspecified atom stereocenters. The highest BCUT2D eigenvalue weighted by Crippen LogP contribution is 2.31. The number of fused-ring (bicyclic) bond motifs is 5. The van der Waals surface area contributed by atoms with Crippen molar-refractivity contribution in [2.24, 2.45) is 0 Å². The number of aliphatic hydroxyl groups excluding tert-OH is 1. The summed E-state index contributed by atoms with van der Waals surface area (Å²) in [5.74, 6) is -1.94. The second kappa shape index (κ2) is 19.7. The Bertz CT molecular complexity index is 1420. The molecule has 2 aromatic carbocycles. The van der Waals surface area contributed by atoms with E-state index >= 15 is 0 Å². The molecule has 270 valence electrons. The molecule has 0 saturated heterocycles. The third-order valence-electron chi connectivity index (χ3n) is 8.54. The average Bonchev–Trinajstić information content (AvgIpc) is 3.08. The fourth-order valence-corrected chi connectivity index (χ4v) is 5.65. The fraction of sp³-hybridized carbons (Fsp3) is 0.529. The quantitative estimate of drug-likeness (QED) is 0.0940. The van der Waals surface area contributed by atoms with E-state index < -0.39 is 48.0 Å². The number of phenolic OH excluding ortho intramolecular Hbond substituents is 2. The van der Waals surface area contributed by atoms with E-state index in [9.17, 15) is 34.5 Å². The van der Waals surface area contributed by atoms with Gasteiger partial charge in [0.1, 0.15) is 23.6 Å². The molecule has 0 aromatic heterocycles. The van der Waals surface area contributed by atoms with Crippen molar-refractivity contribution in [1.82, 2.24) is 42.5 Å². The van der Waals surface area contributed by atoms with E-state index in [2.05, 4.69) is 42.5 Å². The Kier molecular flexibility index (Phi) is 15.7. The summed E-state index contributed by atoms with van der Waals surface area (Å²) >= 11 is 0. The van der Waals surface area contributed by atoms with Crippen molar-refractivity contribution in [3.8, 4) is 22.6 Å². The second-order valence-corrected chi connectivity index (χ2v) is 12.2. The van der Waals surface area contributed by atoms with E-state index in [1.54, 1.807) is 58.5 Å². The lowest BCUT2D eigenvalue weighted by Crippen LogP contribution is -2.57. The Morgan fingerprint density at radius 1 is 0.837 bits per heavy atom. The van der Waals surface area contributed by atoms with Gasteiger partial charge in [0, 0.05) is 32.5 Å². The van der Waals surface area contributed by atoms with Crippen molar-refractivity contribution in [3.05, 3.63) is 47.5 Å². The van der Waals surface area contributed by atoms with Gasteiger partial charge in [-0.25, -0.2) is 0 Å². The lowest BCUT2D eigenvalue weighted by Gasteiger charge is -2.25. The molecule has 4 amide bonds. The smallest absolute Gasteiger partial charge is 0.243 e. The molecular weight excluding hydrogens is 632 g/mol. The molecule has 5 atom stereocenters. The summed E-state index contributed by atoms with van der Waals surface area (Å²) in [6, 6.07) is 6.44. The van der Waals surface area contributed by atoms with Crippen LogP contribution in [0.15, 0.2) is 36.4 Å². The third kappa shape index (κ3) is 11.7. The molecule has 0 radical (unpaired) electrons. The summed E-state index contributed by atoms with van der Waals surface area (Å²) in [6.07, 6.45) is 0.377. The van der Waals surface area contributed by atoms with Crippen molar-refractivity contribution in [2.75, 3.05) is 54.4 Å². The molecule has 3 rings (SSSR count). The maximum absolute atomic E-state index is 13.8. The van der Waals surface area contributed by atoms with Crippen LogP contribution in [-0.2, 0) is 32.0 Å². The molecule has 4 bridgehead atoms. The molecule has 1 heterocycles. The van der Waals surface area contributed by atoms with Gasteiger partial charge in [-0.15, -0.1) is 0 Å². The molecular formula is C34H52N8O7. The van der Waals surface area contributed by atoms with Crippen LogP contribution in [0.5, 0.6) is 11.5 Å². The predicted molar refractivity (Wildman–Crippen MR) is 186 cm³/mol. The summed E-state index contributed by atoms with van der Waals surface area (Å²) in [6.45, 7) is 1.05. The maximum Gasteiger partial charge on any atom is 0.243 e. The summed E-state index contributed by atoms with van der Waals surface area (Å²) in [4.78, 5) is 53.6. The van der Waals surface area contributed by atoms with Crippen molar-refractivity contribution in [1.29, 1.82) is 0 Å². The number of nitrogens with one attached hydrogen (secondary N) is 8. The number of aromatic hydroxyl groups is 2. The van der Waals surface area contributed by atoms with Crippen LogP contribution < -0.4 is 42.5 Å². The topological polar surface area (TPSA) is 225 Å². The zero-order valence-corrected chi connectivity index (χ0v) is 28.7. The molecule has 1 aliphatic rings. The van der Waals surface area contributed by atoms with Gasteiger partial charge in [-0.1, -0.05) is 12.1 Å². The highest BCUT2D eigenvalue weighted by molar-refractivity contribution is 5.93. The Morgan fingerprint density at radius 3 is 2.08 bits per heavy atom. The van der Waals surface area contributed by atoms with Gasteiger partial charge >= 0.3 is 0 Å². The van der Waals surface area contributed by atoms with E-state index in [-0.39, 0.29) is 56.2 Å². The monoisotopic (exact) mass is 684 g/mol. The number of hydrogen-bond acceptors (Lipinski definition) is 11. The number of likely N-dealkylation sites (N-methyl/N-ethyl adjacent to an activating group) is 3. The van der Waals surface area contributed by atoms with Gasteiger partial charge in [-0.2, -0.15) is 0 Å². The first kappa shape index (κ1) is 39.2. The Hall–Kier alpha value is -4.28. The number of rotatable bonds is 15. The average molecular weight is 685 g/mol. The second-order valence-electron chi connectivity index (χ2n) is 12.2. The van der Waals surface area contributed by atoms with Crippen molar-refractivity contribution in [3.63, 3.8) is 0 Å². The first-order valence-electron chi connectivity index (χ1n) is 16.6. The molecule has 15 heteroatoms. The van der Waals surface area contributed by atoms with Crippen molar-refractivity contribution in [2.45, 2.75) is 62.4 Å². The van der Waals surface area contributed by atoms with Crippen LogP contribution in [0.25, 0.3) is 11.1 Å². The lowest BCUT2D eigenvalue weighted by atomic mass is 9.95. The number of aliphatic hydroxyl groups is 1. The Morgan fingerprint density at radius 2 is 1.49 bits per heavy atom. The molecule has 0 saturated carbocycles. The molecule has 2 aromatic rings. The minimum Gasteiger partial charge on any atom is -0.508 e. The summed E-state index contributed by atoms with van der Waals surface area (Å²) in [5.41, 5.74) is 2.35. The van der Waals surface area contributed by atoms with Crippen LogP contribution in [0.4, 0.5) is 0 Å². The van der Waals surface area contributed by atoms with E-state index in [0.717, 1.165) is 5.56 Å². The lowest BCUT2D eigenvalue weighted by molar-refractivity contribution is -0.132. The maximum atomic E-state index is 13.8. The number of amides is 4. The summed E-state index contributed by atoms with van der Waals surface area (Å²) in [5, 5.41) is 54.3. The van der Waals surface area contributed by atoms with Gasteiger partial charge in [0.15, 0.2) is 0 Å². The normalized spacial score (nSPS) is 19.4. The van der Waals surface area contributed by atoms with Gasteiger partial charge < -0.3 is 57.9 Å². The number of carbonyl (C=O) groups is 4. The molecule has 0 spiro atoms. The summed E-state index contributed by atoms with van der Waals surface area (Å²) in [7, 11) is 6.71. The molecule has 49 heavy (non-hydrogen) atoms.